The molecule has 1 aromatic carbocycles. The van der Waals surface area contributed by atoms with Gasteiger partial charge in [0, 0.05) is 33.9 Å². The normalized spacial score (nSPS) is 14.8. The summed E-state index contributed by atoms with van der Waals surface area (Å²) < 4.78 is 13.9. The predicted octanol–water partition coefficient (Wildman–Crippen LogP) is 3.68. The molecule has 0 fully saturated rings. The Morgan fingerprint density at radius 1 is 1.56 bits per heavy atom. The van der Waals surface area contributed by atoms with E-state index in [9.17, 15) is 4.21 Å². The Bertz CT molecular complexity index is 647. The SMILES string of the molecule is CC(CCS(C)=O)n1c(=S)[nH]c2ccc(Cl)cc21. The van der Waals surface area contributed by atoms with Crippen LogP contribution >= 0.6 is 23.8 Å². The Morgan fingerprint density at radius 3 is 2.94 bits per heavy atom. The molecule has 0 radical (unpaired) electrons. The van der Waals surface area contributed by atoms with Crippen LogP contribution in [0.25, 0.3) is 11.0 Å². The van der Waals surface area contributed by atoms with Gasteiger partial charge in [0.25, 0.3) is 0 Å². The van der Waals surface area contributed by atoms with Crippen molar-refractivity contribution in [3.8, 4) is 0 Å². The van der Waals surface area contributed by atoms with Crippen LogP contribution in [0, 0.1) is 4.77 Å². The van der Waals surface area contributed by atoms with Gasteiger partial charge in [-0.1, -0.05) is 11.6 Å². The zero-order valence-corrected chi connectivity index (χ0v) is 12.7. The second-order valence-corrected chi connectivity index (χ2v) is 6.75. The number of benzene rings is 1. The van der Waals surface area contributed by atoms with E-state index in [2.05, 4.69) is 11.9 Å². The molecule has 0 bridgehead atoms. The summed E-state index contributed by atoms with van der Waals surface area (Å²) in [6.07, 6.45) is 2.55. The molecule has 1 aromatic heterocycles. The molecule has 2 aromatic rings. The number of hydrogen-bond donors (Lipinski definition) is 1. The van der Waals surface area contributed by atoms with Gasteiger partial charge in [-0.05, 0) is 43.8 Å². The number of fused-ring (bicyclic) bond motifs is 1. The van der Waals surface area contributed by atoms with E-state index in [1.165, 1.54) is 0 Å². The van der Waals surface area contributed by atoms with E-state index in [1.54, 1.807) is 6.26 Å². The van der Waals surface area contributed by atoms with Crippen LogP contribution in [0.3, 0.4) is 0 Å². The molecule has 1 heterocycles. The molecule has 3 nitrogen and oxygen atoms in total. The summed E-state index contributed by atoms with van der Waals surface area (Å²) in [5, 5.41) is 0.691. The van der Waals surface area contributed by atoms with Crippen molar-refractivity contribution in [2.45, 2.75) is 19.4 Å². The van der Waals surface area contributed by atoms with Crippen LogP contribution in [-0.4, -0.2) is 25.8 Å². The number of aromatic amines is 1. The van der Waals surface area contributed by atoms with Gasteiger partial charge in [-0.15, -0.1) is 0 Å². The maximum Gasteiger partial charge on any atom is 0.178 e. The highest BCUT2D eigenvalue weighted by atomic mass is 35.5. The fourth-order valence-corrected chi connectivity index (χ4v) is 3.23. The number of nitrogens with one attached hydrogen (secondary N) is 1. The molecule has 1 N–H and O–H groups in total. The first-order valence-corrected chi connectivity index (χ1v) is 8.20. The zero-order valence-electron chi connectivity index (χ0n) is 10.3. The first-order chi connectivity index (χ1) is 8.49. The van der Waals surface area contributed by atoms with Gasteiger partial charge in [-0.3, -0.25) is 4.21 Å². The molecular formula is C12H15ClN2OS2. The van der Waals surface area contributed by atoms with E-state index in [1.807, 2.05) is 22.8 Å². The van der Waals surface area contributed by atoms with E-state index in [4.69, 9.17) is 23.8 Å². The van der Waals surface area contributed by atoms with Gasteiger partial charge in [-0.2, -0.15) is 0 Å². The quantitative estimate of drug-likeness (QED) is 0.875. The molecule has 6 heteroatoms. The molecule has 0 aliphatic rings. The number of nitrogens with zero attached hydrogens (tertiary/aromatic N) is 1. The van der Waals surface area contributed by atoms with Gasteiger partial charge in [0.1, 0.15) is 0 Å². The van der Waals surface area contributed by atoms with Crippen LogP contribution in [0.5, 0.6) is 0 Å². The van der Waals surface area contributed by atoms with E-state index in [0.717, 1.165) is 17.5 Å². The lowest BCUT2D eigenvalue weighted by Gasteiger charge is -2.13. The first kappa shape index (κ1) is 13.8. The van der Waals surface area contributed by atoms with Crippen LogP contribution in [0.15, 0.2) is 18.2 Å². The van der Waals surface area contributed by atoms with Crippen LogP contribution in [0.4, 0.5) is 0 Å². The fourth-order valence-electron chi connectivity index (χ4n) is 2.00. The standard InChI is InChI=1S/C12H15ClN2OS2/c1-8(5-6-18(2)16)15-11-7-9(13)3-4-10(11)14-12(15)17/h3-4,7-8H,5-6H2,1-2H3,(H,14,17). The number of imidazole rings is 1. The molecule has 0 aliphatic heterocycles. The van der Waals surface area contributed by atoms with Crippen molar-refractivity contribution in [2.24, 2.45) is 0 Å². The second-order valence-electron chi connectivity index (χ2n) is 4.38. The third-order valence-corrected chi connectivity index (χ3v) is 4.29. The van der Waals surface area contributed by atoms with Gasteiger partial charge in [0.2, 0.25) is 0 Å². The third kappa shape index (κ3) is 2.84. The highest BCUT2D eigenvalue weighted by Crippen LogP contribution is 2.24. The van der Waals surface area contributed by atoms with Crippen molar-refractivity contribution in [3.63, 3.8) is 0 Å². The molecule has 0 spiro atoms. The lowest BCUT2D eigenvalue weighted by atomic mass is 10.2. The van der Waals surface area contributed by atoms with E-state index < -0.39 is 10.8 Å². The molecule has 2 atom stereocenters. The van der Waals surface area contributed by atoms with Gasteiger partial charge in [0.05, 0.1) is 11.0 Å². The summed E-state index contributed by atoms with van der Waals surface area (Å²) in [5.74, 6) is 0.677. The number of H-pyrrole nitrogens is 1. The molecule has 2 unspecified atom stereocenters. The van der Waals surface area contributed by atoms with Crippen molar-refractivity contribution in [3.05, 3.63) is 28.0 Å². The molecule has 0 saturated heterocycles. The number of rotatable bonds is 4. The van der Waals surface area contributed by atoms with Crippen LogP contribution in [-0.2, 0) is 10.8 Å². The predicted molar refractivity (Wildman–Crippen MR) is 80.4 cm³/mol. The van der Waals surface area contributed by atoms with Crippen molar-refractivity contribution in [1.29, 1.82) is 0 Å². The molecule has 0 amide bonds. The molecule has 0 aliphatic carbocycles. The highest BCUT2D eigenvalue weighted by Gasteiger charge is 2.12. The molecule has 2 rings (SSSR count). The molecule has 98 valence electrons. The van der Waals surface area contributed by atoms with Crippen molar-refractivity contribution >= 4 is 45.7 Å². The second kappa shape index (κ2) is 5.55. The van der Waals surface area contributed by atoms with E-state index >= 15 is 0 Å². The Labute approximate surface area is 119 Å². The minimum Gasteiger partial charge on any atom is -0.331 e. The van der Waals surface area contributed by atoms with Crippen molar-refractivity contribution in [2.75, 3.05) is 12.0 Å². The Morgan fingerprint density at radius 2 is 2.28 bits per heavy atom. The summed E-state index contributed by atoms with van der Waals surface area (Å²) in [7, 11) is -0.776. The average Bonchev–Trinajstić information content (AvgIpc) is 2.61. The fraction of sp³-hybridized carbons (Fsp3) is 0.417. The highest BCUT2D eigenvalue weighted by molar-refractivity contribution is 7.84. The minimum atomic E-state index is -0.776. The van der Waals surface area contributed by atoms with Crippen LogP contribution < -0.4 is 0 Å². The summed E-state index contributed by atoms with van der Waals surface area (Å²) in [5.41, 5.74) is 1.98. The largest absolute Gasteiger partial charge is 0.331 e. The topological polar surface area (TPSA) is 37.8 Å². The monoisotopic (exact) mass is 302 g/mol. The van der Waals surface area contributed by atoms with Gasteiger partial charge >= 0.3 is 0 Å². The van der Waals surface area contributed by atoms with E-state index in [0.29, 0.717) is 15.5 Å². The molecule has 18 heavy (non-hydrogen) atoms. The minimum absolute atomic E-state index is 0.202. The lowest BCUT2D eigenvalue weighted by molar-refractivity contribution is 0.539. The number of halogens is 1. The third-order valence-electron chi connectivity index (χ3n) is 2.94. The Hall–Kier alpha value is -0.650. The van der Waals surface area contributed by atoms with Crippen LogP contribution in [0.1, 0.15) is 19.4 Å². The van der Waals surface area contributed by atoms with Gasteiger partial charge in [-0.25, -0.2) is 0 Å². The summed E-state index contributed by atoms with van der Waals surface area (Å²) >= 11 is 11.4. The lowest BCUT2D eigenvalue weighted by Crippen LogP contribution is -2.09. The van der Waals surface area contributed by atoms with Crippen molar-refractivity contribution < 1.29 is 4.21 Å². The molecular weight excluding hydrogens is 288 g/mol. The maximum absolute atomic E-state index is 11.2. The smallest absolute Gasteiger partial charge is 0.178 e. The summed E-state index contributed by atoms with van der Waals surface area (Å²) in [6, 6.07) is 5.87. The number of hydrogen-bond acceptors (Lipinski definition) is 2. The number of aromatic nitrogens is 2. The summed E-state index contributed by atoms with van der Waals surface area (Å²) in [6.45, 7) is 2.08. The first-order valence-electron chi connectivity index (χ1n) is 5.69. The maximum atomic E-state index is 11.2. The summed E-state index contributed by atoms with van der Waals surface area (Å²) in [4.78, 5) is 3.17. The molecule has 0 saturated carbocycles. The van der Waals surface area contributed by atoms with Crippen molar-refractivity contribution in [1.82, 2.24) is 9.55 Å². The Balaban J connectivity index is 2.42. The van der Waals surface area contributed by atoms with Gasteiger partial charge < -0.3 is 9.55 Å². The van der Waals surface area contributed by atoms with Crippen LogP contribution in [0.2, 0.25) is 5.02 Å². The Kier molecular flexibility index (Phi) is 4.25. The van der Waals surface area contributed by atoms with E-state index in [-0.39, 0.29) is 6.04 Å². The zero-order chi connectivity index (χ0) is 13.3. The van der Waals surface area contributed by atoms with Gasteiger partial charge in [0.15, 0.2) is 4.77 Å². The average molecular weight is 303 g/mol.